The van der Waals surface area contributed by atoms with Gasteiger partial charge < -0.3 is 5.32 Å². The fourth-order valence-electron chi connectivity index (χ4n) is 2.22. The lowest BCUT2D eigenvalue weighted by atomic mass is 10.0. The van der Waals surface area contributed by atoms with Crippen LogP contribution in [0.1, 0.15) is 46.9 Å². The van der Waals surface area contributed by atoms with Crippen LogP contribution in [0.3, 0.4) is 0 Å². The molecular formula is C18H18F3NO. The summed E-state index contributed by atoms with van der Waals surface area (Å²) in [6, 6.07) is 11.8. The van der Waals surface area contributed by atoms with Crippen molar-refractivity contribution in [2.75, 3.05) is 0 Å². The van der Waals surface area contributed by atoms with Gasteiger partial charge in [-0.3, -0.25) is 4.79 Å². The van der Waals surface area contributed by atoms with Crippen LogP contribution in [0, 0.1) is 0 Å². The molecule has 0 heterocycles. The summed E-state index contributed by atoms with van der Waals surface area (Å²) in [6.07, 6.45) is -3.46. The third kappa shape index (κ3) is 4.34. The van der Waals surface area contributed by atoms with E-state index < -0.39 is 17.6 Å². The minimum Gasteiger partial charge on any atom is -0.346 e. The van der Waals surface area contributed by atoms with E-state index in [1.807, 2.05) is 31.2 Å². The van der Waals surface area contributed by atoms with Crippen LogP contribution in [0.5, 0.6) is 0 Å². The van der Waals surface area contributed by atoms with E-state index in [-0.39, 0.29) is 11.6 Å². The summed E-state index contributed by atoms with van der Waals surface area (Å²) < 4.78 is 37.5. The Morgan fingerprint density at radius 3 is 2.09 bits per heavy atom. The van der Waals surface area contributed by atoms with Gasteiger partial charge in [-0.25, -0.2) is 0 Å². The molecule has 1 unspecified atom stereocenters. The molecule has 5 heteroatoms. The van der Waals surface area contributed by atoms with E-state index in [1.54, 1.807) is 0 Å². The number of hydrogen-bond acceptors (Lipinski definition) is 1. The van der Waals surface area contributed by atoms with Crippen LogP contribution in [-0.2, 0) is 12.6 Å². The number of halogens is 3. The van der Waals surface area contributed by atoms with Crippen molar-refractivity contribution in [2.24, 2.45) is 0 Å². The third-order valence-electron chi connectivity index (χ3n) is 3.71. The Hall–Kier alpha value is -2.30. The predicted molar refractivity (Wildman–Crippen MR) is 83.1 cm³/mol. The number of rotatable bonds is 4. The van der Waals surface area contributed by atoms with E-state index >= 15 is 0 Å². The van der Waals surface area contributed by atoms with Crippen LogP contribution in [0.4, 0.5) is 13.2 Å². The van der Waals surface area contributed by atoms with Crippen molar-refractivity contribution in [1.29, 1.82) is 0 Å². The van der Waals surface area contributed by atoms with Gasteiger partial charge in [0.1, 0.15) is 0 Å². The summed E-state index contributed by atoms with van der Waals surface area (Å²) in [5.41, 5.74) is 1.59. The second kappa shape index (κ2) is 6.86. The van der Waals surface area contributed by atoms with Crippen molar-refractivity contribution in [3.05, 3.63) is 70.8 Å². The Labute approximate surface area is 133 Å². The van der Waals surface area contributed by atoms with E-state index in [9.17, 15) is 18.0 Å². The summed E-state index contributed by atoms with van der Waals surface area (Å²) in [4.78, 5) is 12.1. The summed E-state index contributed by atoms with van der Waals surface area (Å²) in [7, 11) is 0. The molecule has 2 aromatic rings. The van der Waals surface area contributed by atoms with Gasteiger partial charge in [0.25, 0.3) is 5.91 Å². The minimum absolute atomic E-state index is 0.204. The Bertz CT molecular complexity index is 660. The molecule has 2 aromatic carbocycles. The van der Waals surface area contributed by atoms with E-state index in [0.29, 0.717) is 0 Å². The van der Waals surface area contributed by atoms with Gasteiger partial charge in [0, 0.05) is 5.56 Å². The Balaban J connectivity index is 2.05. The molecule has 0 fully saturated rings. The number of amides is 1. The standard InChI is InChI=1S/C18H18F3NO/c1-3-13-4-6-14(7-5-13)12(2)22-17(23)15-8-10-16(11-9-15)18(19,20)21/h4-12H,3H2,1-2H3,(H,22,23). The number of carbonyl (C=O) groups excluding carboxylic acids is 1. The molecule has 0 saturated heterocycles. The zero-order chi connectivity index (χ0) is 17.0. The zero-order valence-electron chi connectivity index (χ0n) is 12.9. The first-order chi connectivity index (χ1) is 10.8. The first-order valence-corrected chi connectivity index (χ1v) is 7.38. The maximum Gasteiger partial charge on any atom is 0.416 e. The SMILES string of the molecule is CCc1ccc(C(C)NC(=O)c2ccc(C(F)(F)F)cc2)cc1. The molecule has 0 bridgehead atoms. The largest absolute Gasteiger partial charge is 0.416 e. The highest BCUT2D eigenvalue weighted by Gasteiger charge is 2.30. The van der Waals surface area contributed by atoms with E-state index in [4.69, 9.17) is 0 Å². The van der Waals surface area contributed by atoms with Gasteiger partial charge in [-0.1, -0.05) is 31.2 Å². The summed E-state index contributed by atoms with van der Waals surface area (Å²) >= 11 is 0. The van der Waals surface area contributed by atoms with E-state index in [1.165, 1.54) is 17.7 Å². The smallest absolute Gasteiger partial charge is 0.346 e. The molecular weight excluding hydrogens is 303 g/mol. The monoisotopic (exact) mass is 321 g/mol. The van der Waals surface area contributed by atoms with Crippen molar-refractivity contribution >= 4 is 5.91 Å². The highest BCUT2D eigenvalue weighted by molar-refractivity contribution is 5.94. The molecule has 2 nitrogen and oxygen atoms in total. The Morgan fingerprint density at radius 1 is 1.04 bits per heavy atom. The van der Waals surface area contributed by atoms with Gasteiger partial charge in [-0.15, -0.1) is 0 Å². The molecule has 0 aliphatic rings. The van der Waals surface area contributed by atoms with E-state index in [2.05, 4.69) is 12.2 Å². The normalized spacial score (nSPS) is 12.7. The lowest BCUT2D eigenvalue weighted by Gasteiger charge is -2.15. The number of aryl methyl sites for hydroxylation is 1. The van der Waals surface area contributed by atoms with Crippen molar-refractivity contribution in [2.45, 2.75) is 32.5 Å². The molecule has 2 rings (SSSR count). The molecule has 1 amide bonds. The Kier molecular flexibility index (Phi) is 5.08. The van der Waals surface area contributed by atoms with Crippen molar-refractivity contribution in [3.63, 3.8) is 0 Å². The number of carbonyl (C=O) groups is 1. The first kappa shape index (κ1) is 17.1. The maximum absolute atomic E-state index is 12.5. The van der Waals surface area contributed by atoms with Crippen molar-refractivity contribution in [1.82, 2.24) is 5.32 Å². The highest BCUT2D eigenvalue weighted by Crippen LogP contribution is 2.29. The molecule has 0 aliphatic heterocycles. The van der Waals surface area contributed by atoms with Gasteiger partial charge in [0.05, 0.1) is 11.6 Å². The molecule has 122 valence electrons. The van der Waals surface area contributed by atoms with Crippen LogP contribution >= 0.6 is 0 Å². The number of alkyl halides is 3. The third-order valence-corrected chi connectivity index (χ3v) is 3.71. The quantitative estimate of drug-likeness (QED) is 0.864. The maximum atomic E-state index is 12.5. The predicted octanol–water partition coefficient (Wildman–Crippen LogP) is 4.76. The zero-order valence-corrected chi connectivity index (χ0v) is 12.9. The summed E-state index contributed by atoms with van der Waals surface area (Å²) in [6.45, 7) is 3.90. The van der Waals surface area contributed by atoms with Crippen LogP contribution in [-0.4, -0.2) is 5.91 Å². The second-order valence-electron chi connectivity index (χ2n) is 5.37. The number of nitrogens with one attached hydrogen (secondary N) is 1. The van der Waals surface area contributed by atoms with Crippen LogP contribution < -0.4 is 5.32 Å². The topological polar surface area (TPSA) is 29.1 Å². The molecule has 23 heavy (non-hydrogen) atoms. The second-order valence-corrected chi connectivity index (χ2v) is 5.37. The highest BCUT2D eigenvalue weighted by atomic mass is 19.4. The van der Waals surface area contributed by atoms with Gasteiger partial charge in [0.15, 0.2) is 0 Å². The lowest BCUT2D eigenvalue weighted by molar-refractivity contribution is -0.137. The molecule has 0 aromatic heterocycles. The molecule has 0 spiro atoms. The van der Waals surface area contributed by atoms with Gasteiger partial charge in [-0.2, -0.15) is 13.2 Å². The van der Waals surface area contributed by atoms with Crippen molar-refractivity contribution in [3.8, 4) is 0 Å². The lowest BCUT2D eigenvalue weighted by Crippen LogP contribution is -2.26. The Morgan fingerprint density at radius 2 is 1.61 bits per heavy atom. The average molecular weight is 321 g/mol. The van der Waals surface area contributed by atoms with Crippen LogP contribution in [0.2, 0.25) is 0 Å². The number of hydrogen-bond donors (Lipinski definition) is 1. The average Bonchev–Trinajstić information content (AvgIpc) is 2.54. The van der Waals surface area contributed by atoms with Gasteiger partial charge in [0.2, 0.25) is 0 Å². The fourth-order valence-corrected chi connectivity index (χ4v) is 2.22. The fraction of sp³-hybridized carbons (Fsp3) is 0.278. The summed E-state index contributed by atoms with van der Waals surface area (Å²) in [5.74, 6) is -0.397. The van der Waals surface area contributed by atoms with Crippen molar-refractivity contribution < 1.29 is 18.0 Å². The molecule has 1 atom stereocenters. The molecule has 0 radical (unpaired) electrons. The van der Waals surface area contributed by atoms with Gasteiger partial charge >= 0.3 is 6.18 Å². The summed E-state index contributed by atoms with van der Waals surface area (Å²) in [5, 5.41) is 2.79. The van der Waals surface area contributed by atoms with Gasteiger partial charge in [-0.05, 0) is 48.7 Å². The molecule has 1 N–H and O–H groups in total. The minimum atomic E-state index is -4.40. The van der Waals surface area contributed by atoms with E-state index in [0.717, 1.165) is 24.1 Å². The number of benzene rings is 2. The first-order valence-electron chi connectivity index (χ1n) is 7.38. The molecule has 0 aliphatic carbocycles. The van der Waals surface area contributed by atoms with Crippen LogP contribution in [0.15, 0.2) is 48.5 Å². The molecule has 0 saturated carbocycles. The van der Waals surface area contributed by atoms with Crippen LogP contribution in [0.25, 0.3) is 0 Å².